The average molecular weight is 550 g/mol. The van der Waals surface area contributed by atoms with Gasteiger partial charge in [0.1, 0.15) is 0 Å². The molecule has 5 rings (SSSR count). The molecule has 34 heavy (non-hydrogen) atoms. The maximum Gasteiger partial charge on any atom is 0.311 e. The third kappa shape index (κ3) is 4.07. The number of halogens is 2. The molecule has 2 fully saturated rings. The van der Waals surface area contributed by atoms with Crippen LogP contribution < -0.4 is 5.32 Å². The second kappa shape index (κ2) is 8.95. The van der Waals surface area contributed by atoms with Crippen molar-refractivity contribution in [1.29, 1.82) is 0 Å². The van der Waals surface area contributed by atoms with E-state index in [0.29, 0.717) is 16.5 Å². The van der Waals surface area contributed by atoms with Gasteiger partial charge in [-0.25, -0.2) is 4.98 Å². The molecular weight excluding hydrogens is 520 g/mol. The highest BCUT2D eigenvalue weighted by atomic mass is 79.9. The number of anilines is 1. The lowest BCUT2D eigenvalue weighted by Crippen LogP contribution is -2.34. The molecule has 0 spiro atoms. The Morgan fingerprint density at radius 2 is 2.03 bits per heavy atom. The molecule has 0 radical (unpaired) electrons. The van der Waals surface area contributed by atoms with Gasteiger partial charge in [-0.2, -0.15) is 0 Å². The van der Waals surface area contributed by atoms with E-state index >= 15 is 0 Å². The molecular formula is C25H30BrClN4O3. The molecule has 2 heterocycles. The second-order valence-electron chi connectivity index (χ2n) is 10.2. The first-order chi connectivity index (χ1) is 16.3. The van der Waals surface area contributed by atoms with Gasteiger partial charge in [0.15, 0.2) is 5.82 Å². The highest BCUT2D eigenvalue weighted by Gasteiger charge is 2.58. The van der Waals surface area contributed by atoms with Crippen LogP contribution in [0.3, 0.4) is 0 Å². The van der Waals surface area contributed by atoms with Crippen molar-refractivity contribution >= 4 is 45.1 Å². The van der Waals surface area contributed by atoms with Gasteiger partial charge >= 0.3 is 5.97 Å². The number of aromatic nitrogens is 2. The van der Waals surface area contributed by atoms with Crippen molar-refractivity contribution in [2.75, 3.05) is 25.5 Å². The van der Waals surface area contributed by atoms with Gasteiger partial charge in [0, 0.05) is 36.7 Å². The van der Waals surface area contributed by atoms with Crippen molar-refractivity contribution in [3.05, 3.63) is 44.9 Å². The normalized spacial score (nSPS) is 25.9. The molecule has 2 aliphatic carbocycles. The van der Waals surface area contributed by atoms with Crippen molar-refractivity contribution < 1.29 is 14.3 Å². The Balaban J connectivity index is 1.23. The number of carbonyl (C=O) groups excluding carboxylic acids is 2. The molecule has 2 aromatic rings. The monoisotopic (exact) mass is 548 g/mol. The molecule has 0 saturated heterocycles. The molecule has 1 aromatic carbocycles. The summed E-state index contributed by atoms with van der Waals surface area (Å²) in [5.41, 5.74) is 2.68. The summed E-state index contributed by atoms with van der Waals surface area (Å²) in [4.78, 5) is 32.5. The van der Waals surface area contributed by atoms with Crippen LogP contribution in [0.4, 0.5) is 5.69 Å². The summed E-state index contributed by atoms with van der Waals surface area (Å²) in [6, 6.07) is 5.43. The summed E-state index contributed by atoms with van der Waals surface area (Å²) in [6.45, 7) is 2.68. The van der Waals surface area contributed by atoms with E-state index in [9.17, 15) is 9.59 Å². The highest BCUT2D eigenvalue weighted by molar-refractivity contribution is 9.10. The smallest absolute Gasteiger partial charge is 0.311 e. The lowest BCUT2D eigenvalue weighted by atomic mass is 9.80. The zero-order valence-electron chi connectivity index (χ0n) is 19.6. The van der Waals surface area contributed by atoms with E-state index in [4.69, 9.17) is 21.3 Å². The van der Waals surface area contributed by atoms with Gasteiger partial charge in [0.2, 0.25) is 0 Å². The van der Waals surface area contributed by atoms with Crippen molar-refractivity contribution in [1.82, 2.24) is 14.5 Å². The van der Waals surface area contributed by atoms with Gasteiger partial charge in [-0.3, -0.25) is 14.5 Å². The minimum Gasteiger partial charge on any atom is -0.469 e. The van der Waals surface area contributed by atoms with Crippen molar-refractivity contribution in [3.63, 3.8) is 0 Å². The molecule has 182 valence electrons. The van der Waals surface area contributed by atoms with Crippen LogP contribution in [0.25, 0.3) is 0 Å². The molecule has 7 nitrogen and oxygen atoms in total. The van der Waals surface area contributed by atoms with Crippen LogP contribution in [0.5, 0.6) is 0 Å². The summed E-state index contributed by atoms with van der Waals surface area (Å²) in [5, 5.41) is 3.36. The lowest BCUT2D eigenvalue weighted by molar-refractivity contribution is -0.152. The predicted octanol–water partition coefficient (Wildman–Crippen LogP) is 4.96. The van der Waals surface area contributed by atoms with Crippen molar-refractivity contribution in [2.24, 2.45) is 17.9 Å². The molecule has 2 saturated carbocycles. The molecule has 2 bridgehead atoms. The summed E-state index contributed by atoms with van der Waals surface area (Å²) in [5.74, 6) is 0.118. The molecule has 3 aliphatic rings. The van der Waals surface area contributed by atoms with Gasteiger partial charge in [-0.1, -0.05) is 17.7 Å². The number of hydrogen-bond donors (Lipinski definition) is 1. The fraction of sp³-hybridized carbons (Fsp3) is 0.560. The van der Waals surface area contributed by atoms with Crippen molar-refractivity contribution in [2.45, 2.75) is 51.5 Å². The first kappa shape index (κ1) is 23.8. The first-order valence-electron chi connectivity index (χ1n) is 11.9. The van der Waals surface area contributed by atoms with Crippen LogP contribution in [-0.2, 0) is 29.5 Å². The topological polar surface area (TPSA) is 76.5 Å². The Hall–Kier alpha value is -1.90. The third-order valence-electron chi connectivity index (χ3n) is 8.30. The number of imidazole rings is 1. The SMILES string of the molecule is COC(=O)C12CCC(CCN3CCc4c(nc(C(=O)Nc5cccc(Br)c5Cl)n4C)C3)(CC1)C2. The maximum atomic E-state index is 13.0. The number of amides is 1. The number of benzene rings is 1. The quantitative estimate of drug-likeness (QED) is 0.516. The number of nitrogens with zero attached hydrogens (tertiary/aromatic N) is 3. The number of carbonyl (C=O) groups is 2. The average Bonchev–Trinajstić information content (AvgIpc) is 3.51. The fourth-order valence-corrected chi connectivity index (χ4v) is 6.85. The standard InChI is InChI=1S/C25H30BrClN4O3/c1-30-19-6-12-31(13-11-24-7-9-25(15-24,10-8-24)23(33)34-2)14-18(19)28-21(30)22(32)29-17-5-3-4-16(26)20(17)27/h3-5H,6-15H2,1-2H3,(H,29,32). The Morgan fingerprint density at radius 1 is 1.26 bits per heavy atom. The van der Waals surface area contributed by atoms with Crippen molar-refractivity contribution in [3.8, 4) is 0 Å². The van der Waals surface area contributed by atoms with E-state index in [-0.39, 0.29) is 22.7 Å². The summed E-state index contributed by atoms with van der Waals surface area (Å²) < 4.78 is 7.75. The molecule has 1 N–H and O–H groups in total. The first-order valence-corrected chi connectivity index (χ1v) is 13.0. The maximum absolute atomic E-state index is 13.0. The molecule has 0 atom stereocenters. The number of hydrogen-bond acceptors (Lipinski definition) is 5. The number of nitrogens with one attached hydrogen (secondary N) is 1. The summed E-state index contributed by atoms with van der Waals surface area (Å²) in [7, 11) is 3.41. The predicted molar refractivity (Wildman–Crippen MR) is 134 cm³/mol. The molecule has 1 amide bonds. The van der Waals surface area contributed by atoms with Gasteiger partial charge in [0.25, 0.3) is 5.91 Å². The number of esters is 1. The summed E-state index contributed by atoms with van der Waals surface area (Å²) in [6.07, 6.45) is 7.10. The van der Waals surface area contributed by atoms with E-state index in [1.165, 1.54) is 7.11 Å². The van der Waals surface area contributed by atoms with E-state index in [2.05, 4.69) is 26.1 Å². The number of methoxy groups -OCH3 is 1. The van der Waals surface area contributed by atoms with Crippen LogP contribution in [0, 0.1) is 10.8 Å². The number of fused-ring (bicyclic) bond motifs is 3. The molecule has 1 aromatic heterocycles. The van der Waals surface area contributed by atoms with Crippen LogP contribution in [0.1, 0.15) is 60.5 Å². The fourth-order valence-electron chi connectivity index (χ4n) is 6.31. The Morgan fingerprint density at radius 3 is 2.76 bits per heavy atom. The highest BCUT2D eigenvalue weighted by Crippen LogP contribution is 2.63. The molecule has 9 heteroatoms. The lowest BCUT2D eigenvalue weighted by Gasteiger charge is -2.32. The van der Waals surface area contributed by atoms with Gasteiger partial charge in [-0.05, 0) is 78.5 Å². The van der Waals surface area contributed by atoms with Crippen LogP contribution in [0.15, 0.2) is 22.7 Å². The third-order valence-corrected chi connectivity index (χ3v) is 9.59. The number of rotatable bonds is 6. The summed E-state index contributed by atoms with van der Waals surface area (Å²) >= 11 is 9.70. The van der Waals surface area contributed by atoms with E-state index in [0.717, 1.165) is 80.4 Å². The largest absolute Gasteiger partial charge is 0.469 e. The molecule has 1 aliphatic heterocycles. The van der Waals surface area contributed by atoms with Gasteiger partial charge < -0.3 is 14.6 Å². The van der Waals surface area contributed by atoms with Gasteiger partial charge in [-0.15, -0.1) is 0 Å². The Bertz CT molecular complexity index is 1140. The zero-order chi connectivity index (χ0) is 24.1. The Kier molecular flexibility index (Phi) is 6.27. The van der Waals surface area contributed by atoms with Crippen LogP contribution >= 0.6 is 27.5 Å². The Labute approximate surface area is 213 Å². The second-order valence-corrected chi connectivity index (χ2v) is 11.4. The van der Waals surface area contributed by atoms with E-state index in [1.807, 2.05) is 23.7 Å². The van der Waals surface area contributed by atoms with Crippen LogP contribution in [-0.4, -0.2) is 46.5 Å². The number of ether oxygens (including phenoxy) is 1. The van der Waals surface area contributed by atoms with Gasteiger partial charge in [0.05, 0.1) is 28.9 Å². The van der Waals surface area contributed by atoms with E-state index < -0.39 is 0 Å². The minimum absolute atomic E-state index is 0.0158. The van der Waals surface area contributed by atoms with E-state index in [1.54, 1.807) is 6.07 Å². The minimum atomic E-state index is -0.265. The molecule has 0 unspecified atom stereocenters. The van der Waals surface area contributed by atoms with Crippen LogP contribution in [0.2, 0.25) is 5.02 Å². The zero-order valence-corrected chi connectivity index (χ0v) is 22.0.